The van der Waals surface area contributed by atoms with Gasteiger partial charge in [0.1, 0.15) is 0 Å². The number of benzene rings is 1. The van der Waals surface area contributed by atoms with Crippen LogP contribution in [0, 0.1) is 0 Å². The Balaban J connectivity index is 2.30. The summed E-state index contributed by atoms with van der Waals surface area (Å²) in [5.74, 6) is 0. The summed E-state index contributed by atoms with van der Waals surface area (Å²) in [6, 6.07) is 13.7. The molecule has 0 saturated carbocycles. The summed E-state index contributed by atoms with van der Waals surface area (Å²) < 4.78 is 1.05. The Hall–Kier alpha value is -2.00. The first kappa shape index (κ1) is 10.2. The maximum Gasteiger partial charge on any atom is 0.152 e. The molecule has 0 radical (unpaired) electrons. The lowest BCUT2D eigenvalue weighted by Crippen LogP contribution is -1.91. The molecule has 0 aliphatic heterocycles. The highest BCUT2D eigenvalue weighted by Crippen LogP contribution is 2.27. The highest BCUT2D eigenvalue weighted by Gasteiger charge is 2.08. The van der Waals surface area contributed by atoms with Crippen LogP contribution in [-0.2, 0) is 0 Å². The lowest BCUT2D eigenvalue weighted by Gasteiger charge is -2.04. The van der Waals surface area contributed by atoms with Crippen LogP contribution in [-0.4, -0.2) is 11.3 Å². The molecule has 0 amide bonds. The second-order valence-electron chi connectivity index (χ2n) is 3.71. The highest BCUT2D eigenvalue weighted by molar-refractivity contribution is 7.17. The summed E-state index contributed by atoms with van der Waals surface area (Å²) in [6.07, 6.45) is 0.870. The molecule has 17 heavy (non-hydrogen) atoms. The maximum absolute atomic E-state index is 11.1. The average Bonchev–Trinajstić information content (AvgIpc) is 2.85. The number of rotatable bonds is 2. The second kappa shape index (κ2) is 4.11. The quantitative estimate of drug-likeness (QED) is 0.637. The zero-order chi connectivity index (χ0) is 11.7. The number of hydrogen-bond donors (Lipinski definition) is 0. The van der Waals surface area contributed by atoms with E-state index < -0.39 is 0 Å². The molecule has 0 atom stereocenters. The molecule has 2 nitrogen and oxygen atoms in total. The van der Waals surface area contributed by atoms with E-state index in [2.05, 4.69) is 4.98 Å². The predicted octanol–water partition coefficient (Wildman–Crippen LogP) is 3.78. The van der Waals surface area contributed by atoms with Crippen LogP contribution in [0.15, 0.2) is 47.8 Å². The van der Waals surface area contributed by atoms with Crippen molar-refractivity contribution >= 4 is 27.8 Å². The average molecular weight is 239 g/mol. The molecular formula is C14H9NOS. The van der Waals surface area contributed by atoms with E-state index in [1.807, 2.05) is 47.8 Å². The number of thiophene rings is 1. The van der Waals surface area contributed by atoms with E-state index in [0.717, 1.165) is 27.8 Å². The van der Waals surface area contributed by atoms with Gasteiger partial charge in [-0.3, -0.25) is 4.79 Å². The van der Waals surface area contributed by atoms with Crippen molar-refractivity contribution in [2.45, 2.75) is 0 Å². The fourth-order valence-corrected chi connectivity index (χ4v) is 2.60. The smallest absolute Gasteiger partial charge is 0.152 e. The van der Waals surface area contributed by atoms with Crippen LogP contribution in [0.3, 0.4) is 0 Å². The van der Waals surface area contributed by atoms with Crippen LogP contribution in [0.25, 0.3) is 21.5 Å². The third-order valence-corrected chi connectivity index (χ3v) is 3.49. The fourth-order valence-electron chi connectivity index (χ4n) is 1.83. The Kier molecular flexibility index (Phi) is 2.46. The first-order valence-electron chi connectivity index (χ1n) is 5.27. The minimum absolute atomic E-state index is 0.645. The van der Waals surface area contributed by atoms with Crippen molar-refractivity contribution in [2.24, 2.45) is 0 Å². The minimum atomic E-state index is 0.645. The van der Waals surface area contributed by atoms with E-state index in [4.69, 9.17) is 0 Å². The van der Waals surface area contributed by atoms with Crippen molar-refractivity contribution in [1.29, 1.82) is 0 Å². The standard InChI is InChI=1S/C14H9NOS/c16-9-11-8-13-12(6-7-17-13)15-14(11)10-4-2-1-3-5-10/h1-9H. The molecule has 2 heterocycles. The second-order valence-corrected chi connectivity index (χ2v) is 4.66. The van der Waals surface area contributed by atoms with Gasteiger partial charge in [-0.2, -0.15) is 0 Å². The van der Waals surface area contributed by atoms with E-state index in [9.17, 15) is 4.79 Å². The fraction of sp³-hybridized carbons (Fsp3) is 0. The van der Waals surface area contributed by atoms with E-state index in [-0.39, 0.29) is 0 Å². The Labute approximate surface area is 103 Å². The van der Waals surface area contributed by atoms with Gasteiger partial charge in [-0.1, -0.05) is 30.3 Å². The minimum Gasteiger partial charge on any atom is -0.298 e. The van der Waals surface area contributed by atoms with Gasteiger partial charge in [-0.15, -0.1) is 11.3 Å². The zero-order valence-corrected chi connectivity index (χ0v) is 9.78. The lowest BCUT2D eigenvalue weighted by atomic mass is 10.1. The molecule has 3 heteroatoms. The molecular weight excluding hydrogens is 230 g/mol. The third-order valence-electron chi connectivity index (χ3n) is 2.64. The van der Waals surface area contributed by atoms with Gasteiger partial charge in [0.2, 0.25) is 0 Å². The zero-order valence-electron chi connectivity index (χ0n) is 8.96. The van der Waals surface area contributed by atoms with E-state index in [0.29, 0.717) is 5.56 Å². The molecule has 2 aromatic heterocycles. The van der Waals surface area contributed by atoms with Gasteiger partial charge in [0.05, 0.1) is 15.9 Å². The van der Waals surface area contributed by atoms with E-state index in [1.54, 1.807) is 11.3 Å². The van der Waals surface area contributed by atoms with Crippen molar-refractivity contribution < 1.29 is 4.79 Å². The normalized spacial score (nSPS) is 10.6. The van der Waals surface area contributed by atoms with Gasteiger partial charge < -0.3 is 0 Å². The van der Waals surface area contributed by atoms with E-state index in [1.165, 1.54) is 0 Å². The van der Waals surface area contributed by atoms with Crippen molar-refractivity contribution in [2.75, 3.05) is 0 Å². The van der Waals surface area contributed by atoms with Crippen LogP contribution in [0.1, 0.15) is 10.4 Å². The van der Waals surface area contributed by atoms with Crippen molar-refractivity contribution in [3.05, 3.63) is 53.4 Å². The number of carbonyl (C=O) groups is 1. The number of aromatic nitrogens is 1. The lowest BCUT2D eigenvalue weighted by molar-refractivity contribution is 0.112. The summed E-state index contributed by atoms with van der Waals surface area (Å²) in [7, 11) is 0. The van der Waals surface area contributed by atoms with Crippen molar-refractivity contribution in [3.63, 3.8) is 0 Å². The number of aldehydes is 1. The van der Waals surface area contributed by atoms with Crippen LogP contribution < -0.4 is 0 Å². The molecule has 1 aromatic carbocycles. The summed E-state index contributed by atoms with van der Waals surface area (Å²) in [6.45, 7) is 0. The largest absolute Gasteiger partial charge is 0.298 e. The monoisotopic (exact) mass is 239 g/mol. The summed E-state index contributed by atoms with van der Waals surface area (Å²) in [5, 5.41) is 1.99. The first-order chi connectivity index (χ1) is 8.38. The molecule has 0 N–H and O–H groups in total. The number of pyridine rings is 1. The maximum atomic E-state index is 11.1. The summed E-state index contributed by atoms with van der Waals surface area (Å²) in [4.78, 5) is 15.7. The molecule has 0 spiro atoms. The van der Waals surface area contributed by atoms with Crippen LogP contribution in [0.2, 0.25) is 0 Å². The van der Waals surface area contributed by atoms with Gasteiger partial charge in [0.25, 0.3) is 0 Å². The van der Waals surface area contributed by atoms with Gasteiger partial charge in [0, 0.05) is 11.1 Å². The van der Waals surface area contributed by atoms with Crippen molar-refractivity contribution in [3.8, 4) is 11.3 Å². The molecule has 0 bridgehead atoms. The first-order valence-corrected chi connectivity index (χ1v) is 6.15. The van der Waals surface area contributed by atoms with Crippen molar-refractivity contribution in [1.82, 2.24) is 4.98 Å². The topological polar surface area (TPSA) is 30.0 Å². The van der Waals surface area contributed by atoms with Crippen LogP contribution >= 0.6 is 11.3 Å². The van der Waals surface area contributed by atoms with Gasteiger partial charge in [-0.25, -0.2) is 4.98 Å². The summed E-state index contributed by atoms with van der Waals surface area (Å²) >= 11 is 1.60. The Morgan fingerprint density at radius 1 is 1.12 bits per heavy atom. The molecule has 0 saturated heterocycles. The van der Waals surface area contributed by atoms with Gasteiger partial charge in [0.15, 0.2) is 6.29 Å². The molecule has 3 rings (SSSR count). The Morgan fingerprint density at radius 2 is 1.94 bits per heavy atom. The molecule has 0 aliphatic carbocycles. The summed E-state index contributed by atoms with van der Waals surface area (Å²) in [5.41, 5.74) is 3.32. The molecule has 82 valence electrons. The number of carbonyl (C=O) groups excluding carboxylic acids is 1. The molecule has 3 aromatic rings. The van der Waals surface area contributed by atoms with Gasteiger partial charge >= 0.3 is 0 Å². The third kappa shape index (κ3) is 1.74. The SMILES string of the molecule is O=Cc1cc2sccc2nc1-c1ccccc1. The number of hydrogen-bond acceptors (Lipinski definition) is 3. The Bertz CT molecular complexity index is 673. The molecule has 0 fully saturated rings. The van der Waals surface area contributed by atoms with E-state index >= 15 is 0 Å². The molecule has 0 unspecified atom stereocenters. The molecule has 0 aliphatic rings. The van der Waals surface area contributed by atoms with Gasteiger partial charge in [-0.05, 0) is 17.5 Å². The number of fused-ring (bicyclic) bond motifs is 1. The highest BCUT2D eigenvalue weighted by atomic mass is 32.1. The number of nitrogens with zero attached hydrogens (tertiary/aromatic N) is 1. The van der Waals surface area contributed by atoms with Crippen LogP contribution in [0.5, 0.6) is 0 Å². The van der Waals surface area contributed by atoms with Crippen LogP contribution in [0.4, 0.5) is 0 Å². The predicted molar refractivity (Wildman–Crippen MR) is 70.4 cm³/mol. The Morgan fingerprint density at radius 3 is 2.71 bits per heavy atom.